The molecule has 2 rings (SSSR count). The number of hydrogen-bond acceptors (Lipinski definition) is 5. The molecule has 1 heterocycles. The van der Waals surface area contributed by atoms with Crippen LogP contribution in [0.2, 0.25) is 0 Å². The van der Waals surface area contributed by atoms with Crippen molar-refractivity contribution >= 4 is 0 Å². The molecule has 0 aliphatic rings. The van der Waals surface area contributed by atoms with Crippen LogP contribution in [-0.4, -0.2) is 15.2 Å². The minimum absolute atomic E-state index is 0.270. The lowest BCUT2D eigenvalue weighted by Crippen LogP contribution is -1.98. The van der Waals surface area contributed by atoms with E-state index in [0.29, 0.717) is 18.0 Å². The smallest absolute Gasteiger partial charge is 0.213 e. The van der Waals surface area contributed by atoms with Gasteiger partial charge in [-0.25, -0.2) is 0 Å². The summed E-state index contributed by atoms with van der Waals surface area (Å²) in [7, 11) is 0. The fourth-order valence-corrected chi connectivity index (χ4v) is 1.43. The molecule has 0 amide bonds. The van der Waals surface area contributed by atoms with Gasteiger partial charge in [-0.1, -0.05) is 24.2 Å². The number of aliphatic hydroxyl groups excluding tert-OH is 1. The zero-order chi connectivity index (χ0) is 12.1. The first-order chi connectivity index (χ1) is 8.29. The van der Waals surface area contributed by atoms with E-state index < -0.39 is 6.10 Å². The van der Waals surface area contributed by atoms with Crippen molar-refractivity contribution < 1.29 is 14.4 Å². The number of benzene rings is 1. The molecule has 0 aliphatic heterocycles. The topological polar surface area (TPSA) is 68.4 Å². The fraction of sp³-hybridized carbons (Fsp3) is 0.333. The molecule has 0 aliphatic carbocycles. The van der Waals surface area contributed by atoms with Crippen molar-refractivity contribution in [3.8, 4) is 5.75 Å². The maximum atomic E-state index is 9.63. The molecule has 0 saturated carbocycles. The Labute approximate surface area is 99.0 Å². The van der Waals surface area contributed by atoms with Gasteiger partial charge >= 0.3 is 0 Å². The third-order valence-corrected chi connectivity index (χ3v) is 2.43. The van der Waals surface area contributed by atoms with Gasteiger partial charge in [0, 0.05) is 0 Å². The lowest BCUT2D eigenvalue weighted by Gasteiger charge is -2.09. The highest BCUT2D eigenvalue weighted by molar-refractivity contribution is 5.28. The number of nitrogens with zero attached hydrogens (tertiary/aromatic N) is 2. The van der Waals surface area contributed by atoms with E-state index in [1.165, 1.54) is 6.39 Å². The molecule has 90 valence electrons. The van der Waals surface area contributed by atoms with Crippen LogP contribution in [0.3, 0.4) is 0 Å². The first-order valence-corrected chi connectivity index (χ1v) is 5.45. The second-order valence-corrected chi connectivity index (χ2v) is 3.63. The summed E-state index contributed by atoms with van der Waals surface area (Å²) < 4.78 is 10.0. The molecule has 1 atom stereocenters. The SMILES string of the molecule is CC[C@H](O)c1ccc(OCc2ncon2)cc1. The van der Waals surface area contributed by atoms with Gasteiger partial charge in [-0.05, 0) is 24.1 Å². The molecule has 1 N–H and O–H groups in total. The predicted octanol–water partition coefficient (Wildman–Crippen LogP) is 2.09. The third kappa shape index (κ3) is 3.04. The van der Waals surface area contributed by atoms with Gasteiger partial charge in [0.1, 0.15) is 5.75 Å². The molecule has 0 bridgehead atoms. The van der Waals surface area contributed by atoms with Crippen LogP contribution < -0.4 is 4.74 Å². The molecule has 0 unspecified atom stereocenters. The lowest BCUT2D eigenvalue weighted by molar-refractivity contribution is 0.173. The van der Waals surface area contributed by atoms with E-state index in [0.717, 1.165) is 5.56 Å². The Kier molecular flexibility index (Phi) is 3.72. The average molecular weight is 234 g/mol. The maximum absolute atomic E-state index is 9.63. The van der Waals surface area contributed by atoms with Crippen molar-refractivity contribution in [2.75, 3.05) is 0 Å². The van der Waals surface area contributed by atoms with Crippen LogP contribution in [0.25, 0.3) is 0 Å². The zero-order valence-corrected chi connectivity index (χ0v) is 9.54. The fourth-order valence-electron chi connectivity index (χ4n) is 1.43. The minimum Gasteiger partial charge on any atom is -0.485 e. The van der Waals surface area contributed by atoms with Crippen LogP contribution in [0.15, 0.2) is 35.2 Å². The highest BCUT2D eigenvalue weighted by Crippen LogP contribution is 2.20. The van der Waals surface area contributed by atoms with Gasteiger partial charge in [0.05, 0.1) is 6.10 Å². The van der Waals surface area contributed by atoms with Gasteiger partial charge < -0.3 is 14.4 Å². The van der Waals surface area contributed by atoms with Crippen molar-refractivity contribution in [1.82, 2.24) is 10.1 Å². The quantitative estimate of drug-likeness (QED) is 0.857. The zero-order valence-electron chi connectivity index (χ0n) is 9.54. The summed E-state index contributed by atoms with van der Waals surface area (Å²) in [6, 6.07) is 7.32. The summed E-state index contributed by atoms with van der Waals surface area (Å²) in [5.74, 6) is 1.21. The normalized spacial score (nSPS) is 12.4. The van der Waals surface area contributed by atoms with Gasteiger partial charge in [0.2, 0.25) is 12.2 Å². The number of aromatic nitrogens is 2. The van der Waals surface area contributed by atoms with Gasteiger partial charge in [0.15, 0.2) is 6.61 Å². The van der Waals surface area contributed by atoms with Crippen LogP contribution in [0.1, 0.15) is 30.8 Å². The maximum Gasteiger partial charge on any atom is 0.213 e. The van der Waals surface area contributed by atoms with E-state index in [9.17, 15) is 5.11 Å². The summed E-state index contributed by atoms with van der Waals surface area (Å²) in [6.07, 6.45) is 1.55. The highest BCUT2D eigenvalue weighted by Gasteiger charge is 2.05. The van der Waals surface area contributed by atoms with Crippen molar-refractivity contribution in [1.29, 1.82) is 0 Å². The van der Waals surface area contributed by atoms with Crippen molar-refractivity contribution in [3.63, 3.8) is 0 Å². The highest BCUT2D eigenvalue weighted by atomic mass is 16.5. The van der Waals surface area contributed by atoms with Gasteiger partial charge in [-0.3, -0.25) is 0 Å². The Bertz CT molecular complexity index is 439. The van der Waals surface area contributed by atoms with Crippen LogP contribution in [0.4, 0.5) is 0 Å². The predicted molar refractivity (Wildman–Crippen MR) is 60.3 cm³/mol. The minimum atomic E-state index is -0.416. The van der Waals surface area contributed by atoms with E-state index >= 15 is 0 Å². The molecular formula is C12H14N2O3. The molecule has 1 aromatic heterocycles. The molecule has 5 nitrogen and oxygen atoms in total. The Hall–Kier alpha value is -1.88. The standard InChI is InChI=1S/C12H14N2O3/c1-2-11(15)9-3-5-10(6-4-9)16-7-12-13-8-17-14-12/h3-6,8,11,15H,2,7H2,1H3/t11-/m0/s1. The second-order valence-electron chi connectivity index (χ2n) is 3.63. The summed E-state index contributed by atoms with van der Waals surface area (Å²) >= 11 is 0. The second kappa shape index (κ2) is 5.45. The Morgan fingerprint density at radius 3 is 2.71 bits per heavy atom. The van der Waals surface area contributed by atoms with Gasteiger partial charge in [-0.15, -0.1) is 0 Å². The monoisotopic (exact) mass is 234 g/mol. The van der Waals surface area contributed by atoms with E-state index in [4.69, 9.17) is 4.74 Å². The number of rotatable bonds is 5. The molecule has 0 saturated heterocycles. The van der Waals surface area contributed by atoms with E-state index in [-0.39, 0.29) is 6.61 Å². The number of aliphatic hydroxyl groups is 1. The largest absolute Gasteiger partial charge is 0.485 e. The molecular weight excluding hydrogens is 220 g/mol. The molecule has 17 heavy (non-hydrogen) atoms. The van der Waals surface area contributed by atoms with Crippen LogP contribution >= 0.6 is 0 Å². The van der Waals surface area contributed by atoms with E-state index in [1.54, 1.807) is 0 Å². The Morgan fingerprint density at radius 2 is 2.12 bits per heavy atom. The van der Waals surface area contributed by atoms with Crippen LogP contribution in [0.5, 0.6) is 5.75 Å². The number of ether oxygens (including phenoxy) is 1. The summed E-state index contributed by atoms with van der Waals surface area (Å²) in [5, 5.41) is 13.3. The van der Waals surface area contributed by atoms with E-state index in [2.05, 4.69) is 14.7 Å². The molecule has 0 radical (unpaired) electrons. The lowest BCUT2D eigenvalue weighted by atomic mass is 10.1. The molecule has 1 aromatic carbocycles. The molecule has 0 spiro atoms. The van der Waals surface area contributed by atoms with Crippen LogP contribution in [-0.2, 0) is 6.61 Å². The van der Waals surface area contributed by atoms with E-state index in [1.807, 2.05) is 31.2 Å². The van der Waals surface area contributed by atoms with Gasteiger partial charge in [-0.2, -0.15) is 4.98 Å². The van der Waals surface area contributed by atoms with Crippen LogP contribution in [0, 0.1) is 0 Å². The Morgan fingerprint density at radius 1 is 1.35 bits per heavy atom. The molecule has 5 heteroatoms. The third-order valence-electron chi connectivity index (χ3n) is 2.43. The first-order valence-electron chi connectivity index (χ1n) is 5.45. The van der Waals surface area contributed by atoms with Crippen molar-refractivity contribution in [2.24, 2.45) is 0 Å². The van der Waals surface area contributed by atoms with Crippen molar-refractivity contribution in [3.05, 3.63) is 42.0 Å². The number of hydrogen-bond donors (Lipinski definition) is 1. The average Bonchev–Trinajstić information content (AvgIpc) is 2.89. The first kappa shape index (κ1) is 11.6. The summed E-state index contributed by atoms with van der Waals surface area (Å²) in [5.41, 5.74) is 0.888. The molecule has 0 fully saturated rings. The Balaban J connectivity index is 1.94. The molecule has 2 aromatic rings. The van der Waals surface area contributed by atoms with Crippen molar-refractivity contribution in [2.45, 2.75) is 26.1 Å². The van der Waals surface area contributed by atoms with Gasteiger partial charge in [0.25, 0.3) is 0 Å². The summed E-state index contributed by atoms with van der Waals surface area (Å²) in [4.78, 5) is 3.85. The summed E-state index contributed by atoms with van der Waals surface area (Å²) in [6.45, 7) is 2.21.